The third-order valence-electron chi connectivity index (χ3n) is 3.49. The van der Waals surface area contributed by atoms with Gasteiger partial charge in [0, 0.05) is 18.2 Å². The van der Waals surface area contributed by atoms with E-state index in [4.69, 9.17) is 9.84 Å². The molecule has 0 amide bonds. The smallest absolute Gasteiger partial charge is 0.119 e. The van der Waals surface area contributed by atoms with Gasteiger partial charge in [-0.1, -0.05) is 25.2 Å². The van der Waals surface area contributed by atoms with Gasteiger partial charge in [0.25, 0.3) is 0 Å². The molecule has 0 aliphatic rings. The molecule has 110 valence electrons. The van der Waals surface area contributed by atoms with Crippen LogP contribution in [0.25, 0.3) is 0 Å². The summed E-state index contributed by atoms with van der Waals surface area (Å²) in [6.07, 6.45) is 2.36. The van der Waals surface area contributed by atoms with Gasteiger partial charge in [0.1, 0.15) is 12.4 Å². The summed E-state index contributed by atoms with van der Waals surface area (Å²) < 4.78 is 5.29. The second kappa shape index (κ2) is 8.63. The molecule has 1 rings (SSSR count). The van der Waals surface area contributed by atoms with Crippen LogP contribution in [0, 0.1) is 11.8 Å². The molecular weight excluding hydrogens is 250 g/mol. The van der Waals surface area contributed by atoms with E-state index in [9.17, 15) is 0 Å². The van der Waals surface area contributed by atoms with Crippen molar-refractivity contribution in [1.29, 1.82) is 0 Å². The van der Waals surface area contributed by atoms with Gasteiger partial charge in [-0.15, -0.1) is 0 Å². The lowest BCUT2D eigenvalue weighted by Crippen LogP contribution is -2.28. The van der Waals surface area contributed by atoms with Crippen LogP contribution >= 0.6 is 0 Å². The maximum absolute atomic E-state index is 8.85. The topological polar surface area (TPSA) is 32.7 Å². The molecule has 0 aliphatic carbocycles. The van der Waals surface area contributed by atoms with E-state index < -0.39 is 0 Å². The molecule has 1 aromatic rings. The Labute approximate surface area is 122 Å². The maximum Gasteiger partial charge on any atom is 0.119 e. The van der Waals surface area contributed by atoms with E-state index in [1.165, 1.54) is 12.8 Å². The highest BCUT2D eigenvalue weighted by Crippen LogP contribution is 2.20. The Balaban J connectivity index is 2.95. The minimum atomic E-state index is -0.118. The van der Waals surface area contributed by atoms with Crippen LogP contribution in [-0.4, -0.2) is 36.8 Å². The van der Waals surface area contributed by atoms with Gasteiger partial charge in [0.2, 0.25) is 0 Å². The van der Waals surface area contributed by atoms with E-state index in [2.05, 4.69) is 37.6 Å². The largest absolute Gasteiger partial charge is 0.497 e. The number of rotatable bonds is 6. The quantitative estimate of drug-likeness (QED) is 0.810. The van der Waals surface area contributed by atoms with Crippen LogP contribution in [-0.2, 0) is 6.54 Å². The summed E-state index contributed by atoms with van der Waals surface area (Å²) in [6.45, 7) is 5.15. The van der Waals surface area contributed by atoms with Crippen molar-refractivity contribution in [3.8, 4) is 17.6 Å². The number of ether oxygens (including phenoxy) is 1. The van der Waals surface area contributed by atoms with Crippen molar-refractivity contribution in [2.75, 3.05) is 20.8 Å². The lowest BCUT2D eigenvalue weighted by Gasteiger charge is -2.25. The molecule has 0 spiro atoms. The second-order valence-corrected chi connectivity index (χ2v) is 5.04. The Kier molecular flexibility index (Phi) is 7.14. The lowest BCUT2D eigenvalue weighted by molar-refractivity contribution is 0.236. The molecule has 0 aliphatic heterocycles. The zero-order chi connectivity index (χ0) is 15.0. The van der Waals surface area contributed by atoms with E-state index in [0.29, 0.717) is 6.04 Å². The number of aliphatic hydroxyl groups excluding tert-OH is 1. The highest BCUT2D eigenvalue weighted by atomic mass is 16.5. The van der Waals surface area contributed by atoms with Crippen LogP contribution in [0.5, 0.6) is 5.75 Å². The zero-order valence-electron chi connectivity index (χ0n) is 12.9. The van der Waals surface area contributed by atoms with E-state index in [1.54, 1.807) is 7.11 Å². The average molecular weight is 275 g/mol. The molecule has 0 saturated heterocycles. The van der Waals surface area contributed by atoms with E-state index in [0.717, 1.165) is 23.4 Å². The monoisotopic (exact) mass is 275 g/mol. The highest BCUT2D eigenvalue weighted by molar-refractivity contribution is 5.45. The van der Waals surface area contributed by atoms with Gasteiger partial charge in [-0.25, -0.2) is 0 Å². The molecule has 3 nitrogen and oxygen atoms in total. The summed E-state index contributed by atoms with van der Waals surface area (Å²) in [5, 5.41) is 8.85. The minimum Gasteiger partial charge on any atom is -0.497 e. The molecule has 3 heteroatoms. The first-order chi connectivity index (χ1) is 9.62. The molecule has 0 aromatic heterocycles. The zero-order valence-corrected chi connectivity index (χ0v) is 12.9. The third-order valence-corrected chi connectivity index (χ3v) is 3.49. The lowest BCUT2D eigenvalue weighted by atomic mass is 10.1. The van der Waals surface area contributed by atoms with Crippen molar-refractivity contribution in [2.45, 2.75) is 39.3 Å². The van der Waals surface area contributed by atoms with E-state index in [1.807, 2.05) is 18.2 Å². The first-order valence-corrected chi connectivity index (χ1v) is 7.09. The minimum absolute atomic E-state index is 0.118. The van der Waals surface area contributed by atoms with Crippen LogP contribution < -0.4 is 4.74 Å². The van der Waals surface area contributed by atoms with Crippen molar-refractivity contribution in [3.05, 3.63) is 29.3 Å². The van der Waals surface area contributed by atoms with Crippen LogP contribution in [0.4, 0.5) is 0 Å². The van der Waals surface area contributed by atoms with Crippen molar-refractivity contribution in [2.24, 2.45) is 0 Å². The fraction of sp³-hybridized carbons (Fsp3) is 0.529. The van der Waals surface area contributed by atoms with Crippen LogP contribution in [0.3, 0.4) is 0 Å². The number of nitrogens with zero attached hydrogens (tertiary/aromatic N) is 1. The summed E-state index contributed by atoms with van der Waals surface area (Å²) >= 11 is 0. The predicted molar refractivity (Wildman–Crippen MR) is 82.8 cm³/mol. The molecule has 0 bridgehead atoms. The molecule has 1 N–H and O–H groups in total. The summed E-state index contributed by atoms with van der Waals surface area (Å²) in [5.74, 6) is 6.56. The first-order valence-electron chi connectivity index (χ1n) is 7.09. The second-order valence-electron chi connectivity index (χ2n) is 5.04. The van der Waals surface area contributed by atoms with Gasteiger partial charge in [0.15, 0.2) is 0 Å². The molecular formula is C17H25NO2. The van der Waals surface area contributed by atoms with E-state index in [-0.39, 0.29) is 6.61 Å². The third kappa shape index (κ3) is 4.88. The summed E-state index contributed by atoms with van der Waals surface area (Å²) in [4.78, 5) is 2.32. The van der Waals surface area contributed by atoms with E-state index >= 15 is 0 Å². The van der Waals surface area contributed by atoms with Crippen molar-refractivity contribution >= 4 is 0 Å². The van der Waals surface area contributed by atoms with Gasteiger partial charge in [0.05, 0.1) is 7.11 Å². The van der Waals surface area contributed by atoms with Crippen molar-refractivity contribution in [3.63, 3.8) is 0 Å². The average Bonchev–Trinajstić information content (AvgIpc) is 2.46. The molecule has 1 aromatic carbocycles. The summed E-state index contributed by atoms with van der Waals surface area (Å²) in [7, 11) is 3.80. The Morgan fingerprint density at radius 2 is 2.15 bits per heavy atom. The Bertz CT molecular complexity index is 474. The molecule has 0 fully saturated rings. The van der Waals surface area contributed by atoms with Gasteiger partial charge in [-0.05, 0) is 44.2 Å². The van der Waals surface area contributed by atoms with Crippen LogP contribution in [0.1, 0.15) is 37.8 Å². The predicted octanol–water partition coefficient (Wildman–Crippen LogP) is 2.66. The number of benzene rings is 1. The standard InChI is InChI=1S/C17H25NO2/c1-5-7-14(2)18(3)13-16-12-17(20-4)10-9-15(16)8-6-11-19/h9-10,12,14,19H,5,7,11,13H2,1-4H3. The Morgan fingerprint density at radius 3 is 2.75 bits per heavy atom. The summed E-state index contributed by atoms with van der Waals surface area (Å²) in [6, 6.07) is 6.41. The molecule has 0 heterocycles. The fourth-order valence-electron chi connectivity index (χ4n) is 2.15. The molecule has 20 heavy (non-hydrogen) atoms. The van der Waals surface area contributed by atoms with Crippen molar-refractivity contribution in [1.82, 2.24) is 4.90 Å². The summed E-state index contributed by atoms with van der Waals surface area (Å²) in [5.41, 5.74) is 2.09. The SMILES string of the molecule is CCCC(C)N(C)Cc1cc(OC)ccc1C#CCO. The fourth-order valence-corrected chi connectivity index (χ4v) is 2.15. The molecule has 1 unspecified atom stereocenters. The first kappa shape index (κ1) is 16.6. The van der Waals surface area contributed by atoms with Crippen LogP contribution in [0.2, 0.25) is 0 Å². The van der Waals surface area contributed by atoms with Crippen molar-refractivity contribution < 1.29 is 9.84 Å². The normalized spacial score (nSPS) is 11.9. The molecule has 1 atom stereocenters. The number of aliphatic hydroxyl groups is 1. The number of methoxy groups -OCH3 is 1. The highest BCUT2D eigenvalue weighted by Gasteiger charge is 2.11. The van der Waals surface area contributed by atoms with Gasteiger partial charge in [-0.2, -0.15) is 0 Å². The van der Waals surface area contributed by atoms with Gasteiger partial charge >= 0.3 is 0 Å². The number of hydrogen-bond acceptors (Lipinski definition) is 3. The molecule has 0 radical (unpaired) electrons. The van der Waals surface area contributed by atoms with Gasteiger partial charge in [-0.3, -0.25) is 4.90 Å². The van der Waals surface area contributed by atoms with Gasteiger partial charge < -0.3 is 9.84 Å². The number of hydrogen-bond donors (Lipinski definition) is 1. The Hall–Kier alpha value is -1.50. The molecule has 0 saturated carbocycles. The van der Waals surface area contributed by atoms with Crippen LogP contribution in [0.15, 0.2) is 18.2 Å². The Morgan fingerprint density at radius 1 is 1.40 bits per heavy atom. The maximum atomic E-state index is 8.85.